The zero-order valence-corrected chi connectivity index (χ0v) is 13.1. The number of amides is 2. The number of carbonyl (C=O) groups is 2. The number of rotatable bonds is 6. The maximum atomic E-state index is 12.2. The lowest BCUT2D eigenvalue weighted by Gasteiger charge is -2.23. The predicted octanol–water partition coefficient (Wildman–Crippen LogP) is 3.11. The Morgan fingerprint density at radius 3 is 2.41 bits per heavy atom. The average molecular weight is 298 g/mol. The van der Waals surface area contributed by atoms with Crippen LogP contribution >= 0.6 is 0 Å². The SMILES string of the molecule is CCC(=O)NCCN(C(=O)CC)c1ccc2ccccc2c1. The minimum absolute atomic E-state index is 0.00223. The molecule has 116 valence electrons. The molecule has 4 nitrogen and oxygen atoms in total. The number of hydrogen-bond acceptors (Lipinski definition) is 2. The van der Waals surface area contributed by atoms with Crippen LogP contribution in [0.5, 0.6) is 0 Å². The van der Waals surface area contributed by atoms with Gasteiger partial charge in [0.25, 0.3) is 0 Å². The molecule has 4 heteroatoms. The maximum Gasteiger partial charge on any atom is 0.226 e. The number of benzene rings is 2. The summed E-state index contributed by atoms with van der Waals surface area (Å²) < 4.78 is 0. The van der Waals surface area contributed by atoms with Crippen molar-refractivity contribution in [1.29, 1.82) is 0 Å². The zero-order chi connectivity index (χ0) is 15.9. The maximum absolute atomic E-state index is 12.2. The van der Waals surface area contributed by atoms with E-state index in [1.54, 1.807) is 4.90 Å². The van der Waals surface area contributed by atoms with E-state index in [0.29, 0.717) is 25.9 Å². The largest absolute Gasteiger partial charge is 0.354 e. The van der Waals surface area contributed by atoms with Crippen molar-refractivity contribution < 1.29 is 9.59 Å². The molecule has 0 aliphatic carbocycles. The van der Waals surface area contributed by atoms with Gasteiger partial charge in [-0.2, -0.15) is 0 Å². The van der Waals surface area contributed by atoms with Gasteiger partial charge in [0.05, 0.1) is 0 Å². The fraction of sp³-hybridized carbons (Fsp3) is 0.333. The highest BCUT2D eigenvalue weighted by atomic mass is 16.2. The molecule has 0 saturated heterocycles. The second kappa shape index (κ2) is 7.59. The molecule has 0 spiro atoms. The van der Waals surface area contributed by atoms with Gasteiger partial charge < -0.3 is 10.2 Å². The van der Waals surface area contributed by atoms with Crippen LogP contribution in [0.2, 0.25) is 0 Å². The Hall–Kier alpha value is -2.36. The highest BCUT2D eigenvalue weighted by molar-refractivity contribution is 5.96. The van der Waals surface area contributed by atoms with Gasteiger partial charge in [-0.05, 0) is 22.9 Å². The Morgan fingerprint density at radius 2 is 1.73 bits per heavy atom. The van der Waals surface area contributed by atoms with Crippen LogP contribution in [0.3, 0.4) is 0 Å². The first-order chi connectivity index (χ1) is 10.7. The normalized spacial score (nSPS) is 10.5. The van der Waals surface area contributed by atoms with Crippen LogP contribution < -0.4 is 10.2 Å². The third kappa shape index (κ3) is 3.85. The molecule has 0 atom stereocenters. The van der Waals surface area contributed by atoms with Crippen LogP contribution in [0.4, 0.5) is 5.69 Å². The van der Waals surface area contributed by atoms with Crippen LogP contribution in [-0.4, -0.2) is 24.9 Å². The van der Waals surface area contributed by atoms with E-state index in [1.807, 2.05) is 56.3 Å². The lowest BCUT2D eigenvalue weighted by Crippen LogP contribution is -2.38. The Morgan fingerprint density at radius 1 is 1.00 bits per heavy atom. The molecule has 0 unspecified atom stereocenters. The minimum Gasteiger partial charge on any atom is -0.354 e. The Kier molecular flexibility index (Phi) is 5.53. The lowest BCUT2D eigenvalue weighted by molar-refractivity contribution is -0.121. The first kappa shape index (κ1) is 16.0. The van der Waals surface area contributed by atoms with E-state index in [4.69, 9.17) is 0 Å². The fourth-order valence-electron chi connectivity index (χ4n) is 2.37. The minimum atomic E-state index is 0.00223. The second-order valence-electron chi connectivity index (χ2n) is 5.13. The number of anilines is 1. The summed E-state index contributed by atoms with van der Waals surface area (Å²) in [6.45, 7) is 4.61. The van der Waals surface area contributed by atoms with Gasteiger partial charge in [-0.3, -0.25) is 9.59 Å². The van der Waals surface area contributed by atoms with Gasteiger partial charge in [-0.1, -0.05) is 44.2 Å². The average Bonchev–Trinajstić information content (AvgIpc) is 2.57. The van der Waals surface area contributed by atoms with Crippen molar-refractivity contribution in [3.63, 3.8) is 0 Å². The molecule has 0 fully saturated rings. The first-order valence-electron chi connectivity index (χ1n) is 7.71. The van der Waals surface area contributed by atoms with Crippen LogP contribution in [0, 0.1) is 0 Å². The number of nitrogens with zero attached hydrogens (tertiary/aromatic N) is 1. The van der Waals surface area contributed by atoms with Crippen molar-refractivity contribution in [1.82, 2.24) is 5.32 Å². The molecule has 22 heavy (non-hydrogen) atoms. The number of fused-ring (bicyclic) bond motifs is 1. The standard InChI is InChI=1S/C18H22N2O2/c1-3-17(21)19-11-12-20(18(22)4-2)16-10-9-14-7-5-6-8-15(14)13-16/h5-10,13H,3-4,11-12H2,1-2H3,(H,19,21). The van der Waals surface area contributed by atoms with Crippen LogP contribution in [-0.2, 0) is 9.59 Å². The van der Waals surface area contributed by atoms with Gasteiger partial charge in [-0.15, -0.1) is 0 Å². The molecule has 0 heterocycles. The summed E-state index contributed by atoms with van der Waals surface area (Å²) >= 11 is 0. The number of carbonyl (C=O) groups excluding carboxylic acids is 2. The van der Waals surface area contributed by atoms with Gasteiger partial charge in [0, 0.05) is 31.6 Å². The monoisotopic (exact) mass is 298 g/mol. The summed E-state index contributed by atoms with van der Waals surface area (Å²) in [5, 5.41) is 5.07. The Balaban J connectivity index is 2.19. The third-order valence-electron chi connectivity index (χ3n) is 3.63. The molecule has 0 radical (unpaired) electrons. The van der Waals surface area contributed by atoms with Crippen molar-refractivity contribution in [3.05, 3.63) is 42.5 Å². The van der Waals surface area contributed by atoms with Crippen LogP contribution in [0.15, 0.2) is 42.5 Å². The van der Waals surface area contributed by atoms with Gasteiger partial charge in [0.2, 0.25) is 11.8 Å². The molecule has 2 rings (SSSR count). The summed E-state index contributed by atoms with van der Waals surface area (Å²) in [7, 11) is 0. The zero-order valence-electron chi connectivity index (χ0n) is 13.1. The molecule has 1 N–H and O–H groups in total. The van der Waals surface area contributed by atoms with Crippen LogP contribution in [0.25, 0.3) is 10.8 Å². The molecule has 0 aromatic heterocycles. The smallest absolute Gasteiger partial charge is 0.226 e. The molecule has 0 saturated carbocycles. The molecule has 2 aromatic carbocycles. The van der Waals surface area contributed by atoms with Crippen molar-refractivity contribution in [3.8, 4) is 0 Å². The quantitative estimate of drug-likeness (QED) is 0.891. The highest BCUT2D eigenvalue weighted by Gasteiger charge is 2.14. The summed E-state index contributed by atoms with van der Waals surface area (Å²) in [6, 6.07) is 14.1. The molecular weight excluding hydrogens is 276 g/mol. The number of nitrogens with one attached hydrogen (secondary N) is 1. The van der Waals surface area contributed by atoms with E-state index in [-0.39, 0.29) is 11.8 Å². The molecule has 0 bridgehead atoms. The van der Waals surface area contributed by atoms with Gasteiger partial charge in [0.1, 0.15) is 0 Å². The predicted molar refractivity (Wildman–Crippen MR) is 89.9 cm³/mol. The summed E-state index contributed by atoms with van der Waals surface area (Å²) in [4.78, 5) is 25.3. The second-order valence-corrected chi connectivity index (χ2v) is 5.13. The lowest BCUT2D eigenvalue weighted by atomic mass is 10.1. The molecule has 0 aliphatic heterocycles. The van der Waals surface area contributed by atoms with E-state index in [1.165, 1.54) is 0 Å². The van der Waals surface area contributed by atoms with Crippen molar-refractivity contribution in [2.24, 2.45) is 0 Å². The van der Waals surface area contributed by atoms with Crippen molar-refractivity contribution in [2.75, 3.05) is 18.0 Å². The topological polar surface area (TPSA) is 49.4 Å². The molecule has 0 aliphatic rings. The van der Waals surface area contributed by atoms with E-state index in [0.717, 1.165) is 16.5 Å². The number of hydrogen-bond donors (Lipinski definition) is 1. The van der Waals surface area contributed by atoms with E-state index < -0.39 is 0 Å². The Bertz CT molecular complexity index is 667. The highest BCUT2D eigenvalue weighted by Crippen LogP contribution is 2.22. The van der Waals surface area contributed by atoms with Gasteiger partial charge >= 0.3 is 0 Å². The first-order valence-corrected chi connectivity index (χ1v) is 7.71. The third-order valence-corrected chi connectivity index (χ3v) is 3.63. The van der Waals surface area contributed by atoms with Gasteiger partial charge in [0.15, 0.2) is 0 Å². The van der Waals surface area contributed by atoms with Crippen LogP contribution in [0.1, 0.15) is 26.7 Å². The van der Waals surface area contributed by atoms with Crippen molar-refractivity contribution in [2.45, 2.75) is 26.7 Å². The molecule has 2 amide bonds. The molecule has 2 aromatic rings. The summed E-state index contributed by atoms with van der Waals surface area (Å²) in [5.74, 6) is 0.0587. The Labute approximate surface area is 131 Å². The fourth-order valence-corrected chi connectivity index (χ4v) is 2.37. The van der Waals surface area contributed by atoms with E-state index >= 15 is 0 Å². The van der Waals surface area contributed by atoms with E-state index in [9.17, 15) is 9.59 Å². The summed E-state index contributed by atoms with van der Waals surface area (Å²) in [5.41, 5.74) is 0.872. The summed E-state index contributed by atoms with van der Waals surface area (Å²) in [6.07, 6.45) is 0.895. The molecular formula is C18H22N2O2. The van der Waals surface area contributed by atoms with Gasteiger partial charge in [-0.25, -0.2) is 0 Å². The van der Waals surface area contributed by atoms with Crippen molar-refractivity contribution >= 4 is 28.3 Å². The van der Waals surface area contributed by atoms with E-state index in [2.05, 4.69) is 5.32 Å².